The minimum Gasteiger partial charge on any atom is -0.489 e. The van der Waals surface area contributed by atoms with Crippen molar-refractivity contribution in [1.29, 1.82) is 0 Å². The molecule has 258 valence electrons. The van der Waals surface area contributed by atoms with E-state index in [0.29, 0.717) is 70.0 Å². The molecule has 50 heavy (non-hydrogen) atoms. The van der Waals surface area contributed by atoms with E-state index in [4.69, 9.17) is 19.3 Å². The van der Waals surface area contributed by atoms with Gasteiger partial charge in [-0.25, -0.2) is 0 Å². The first-order valence-corrected chi connectivity index (χ1v) is 17.3. The van der Waals surface area contributed by atoms with Crippen molar-refractivity contribution in [3.8, 4) is 17.2 Å². The third-order valence-corrected chi connectivity index (χ3v) is 8.36. The van der Waals surface area contributed by atoms with Crippen molar-refractivity contribution >= 4 is 11.9 Å². The van der Waals surface area contributed by atoms with Gasteiger partial charge >= 0.3 is 5.97 Å². The number of hydrogen-bond acceptors (Lipinski definition) is 5. The van der Waals surface area contributed by atoms with Crippen molar-refractivity contribution in [3.63, 3.8) is 0 Å². The summed E-state index contributed by atoms with van der Waals surface area (Å²) in [6.07, 6.45) is 3.45. The molecule has 7 heteroatoms. The van der Waals surface area contributed by atoms with Gasteiger partial charge in [-0.15, -0.1) is 0 Å². The van der Waals surface area contributed by atoms with E-state index in [-0.39, 0.29) is 12.3 Å². The number of carboxylic acids is 1. The van der Waals surface area contributed by atoms with Gasteiger partial charge in [-0.05, 0) is 78.1 Å². The summed E-state index contributed by atoms with van der Waals surface area (Å²) in [7, 11) is 0. The summed E-state index contributed by atoms with van der Waals surface area (Å²) in [5.41, 5.74) is 6.48. The Morgan fingerprint density at radius 3 is 1.78 bits per heavy atom. The Hall–Kier alpha value is -5.56. The van der Waals surface area contributed by atoms with Gasteiger partial charge in [0.1, 0.15) is 25.6 Å². The van der Waals surface area contributed by atoms with Gasteiger partial charge in [-0.1, -0.05) is 109 Å². The summed E-state index contributed by atoms with van der Waals surface area (Å²) >= 11 is 0. The number of amides is 1. The normalized spacial score (nSPS) is 10.7. The van der Waals surface area contributed by atoms with Crippen LogP contribution in [0.1, 0.15) is 59.1 Å². The first kappa shape index (κ1) is 35.7. The van der Waals surface area contributed by atoms with Crippen molar-refractivity contribution in [2.45, 2.75) is 64.8 Å². The average Bonchev–Trinajstić information content (AvgIpc) is 3.15. The van der Waals surface area contributed by atoms with Crippen LogP contribution in [0.25, 0.3) is 0 Å². The summed E-state index contributed by atoms with van der Waals surface area (Å²) in [5, 5.41) is 11.9. The van der Waals surface area contributed by atoms with Crippen molar-refractivity contribution in [2.75, 3.05) is 6.54 Å². The summed E-state index contributed by atoms with van der Waals surface area (Å²) in [5.74, 6) is 1.28. The molecule has 0 fully saturated rings. The quantitative estimate of drug-likeness (QED) is 0.0806. The van der Waals surface area contributed by atoms with Crippen LogP contribution in [-0.4, -0.2) is 23.5 Å². The molecule has 1 amide bonds. The van der Waals surface area contributed by atoms with Crippen LogP contribution in [0.5, 0.6) is 17.2 Å². The van der Waals surface area contributed by atoms with Crippen LogP contribution < -0.4 is 19.5 Å². The first-order valence-electron chi connectivity index (χ1n) is 17.3. The number of carboxylic acid groups (broad SMARTS) is 1. The zero-order valence-electron chi connectivity index (χ0n) is 28.4. The molecule has 0 heterocycles. The molecule has 2 N–H and O–H groups in total. The van der Waals surface area contributed by atoms with Gasteiger partial charge in [-0.3, -0.25) is 9.59 Å². The minimum absolute atomic E-state index is 0.0726. The highest BCUT2D eigenvalue weighted by molar-refractivity contribution is 5.76. The van der Waals surface area contributed by atoms with Crippen molar-refractivity contribution in [3.05, 3.63) is 161 Å². The van der Waals surface area contributed by atoms with Crippen LogP contribution in [-0.2, 0) is 48.7 Å². The number of aliphatic carboxylic acids is 1. The molecular weight excluding hydrogens is 626 g/mol. The molecule has 5 rings (SSSR count). The SMILES string of the molecule is O=C(O)CCCCC(=O)NCCc1ccc(OCc2ccccc2)c(OCc2ccccc2)c1CCc1cccc(OCc2ccccc2)c1. The molecule has 0 saturated carbocycles. The third kappa shape index (κ3) is 11.8. The fraction of sp³-hybridized carbons (Fsp3) is 0.256. The van der Waals surface area contributed by atoms with Crippen LogP contribution in [0.3, 0.4) is 0 Å². The number of ether oxygens (including phenoxy) is 3. The van der Waals surface area contributed by atoms with Gasteiger partial charge in [0.05, 0.1) is 0 Å². The largest absolute Gasteiger partial charge is 0.489 e. The summed E-state index contributed by atoms with van der Waals surface area (Å²) < 4.78 is 19.1. The van der Waals surface area contributed by atoms with Crippen molar-refractivity contribution in [2.24, 2.45) is 0 Å². The molecule has 0 aromatic heterocycles. The second-order valence-corrected chi connectivity index (χ2v) is 12.2. The molecule has 0 saturated heterocycles. The van der Waals surface area contributed by atoms with Crippen molar-refractivity contribution < 1.29 is 28.9 Å². The number of rotatable bonds is 20. The number of carbonyl (C=O) groups excluding carboxylic acids is 1. The summed E-state index contributed by atoms with van der Waals surface area (Å²) in [4.78, 5) is 23.3. The first-order chi connectivity index (χ1) is 24.5. The van der Waals surface area contributed by atoms with E-state index in [2.05, 4.69) is 35.6 Å². The lowest BCUT2D eigenvalue weighted by atomic mass is 9.96. The van der Waals surface area contributed by atoms with E-state index in [0.717, 1.165) is 45.6 Å². The molecule has 0 radical (unpaired) electrons. The molecule has 7 nitrogen and oxygen atoms in total. The monoisotopic (exact) mass is 671 g/mol. The van der Waals surface area contributed by atoms with Crippen LogP contribution >= 0.6 is 0 Å². The van der Waals surface area contributed by atoms with E-state index in [1.807, 2.05) is 97.1 Å². The molecule has 0 aliphatic carbocycles. The van der Waals surface area contributed by atoms with E-state index in [9.17, 15) is 9.59 Å². The Balaban J connectivity index is 1.36. The van der Waals surface area contributed by atoms with Gasteiger partial charge in [-0.2, -0.15) is 0 Å². The molecule has 0 atom stereocenters. The molecule has 0 bridgehead atoms. The predicted molar refractivity (Wildman–Crippen MR) is 195 cm³/mol. The molecule has 0 aliphatic rings. The maximum absolute atomic E-state index is 12.5. The van der Waals surface area contributed by atoms with E-state index < -0.39 is 5.97 Å². The second-order valence-electron chi connectivity index (χ2n) is 12.2. The number of hydrogen-bond donors (Lipinski definition) is 2. The lowest BCUT2D eigenvalue weighted by Gasteiger charge is -2.20. The van der Waals surface area contributed by atoms with Crippen LogP contribution in [0.2, 0.25) is 0 Å². The Kier molecular flexibility index (Phi) is 13.9. The lowest BCUT2D eigenvalue weighted by molar-refractivity contribution is -0.137. The van der Waals surface area contributed by atoms with E-state index >= 15 is 0 Å². The Labute approximate surface area is 294 Å². The summed E-state index contributed by atoms with van der Waals surface area (Å²) in [6.45, 7) is 1.74. The highest BCUT2D eigenvalue weighted by atomic mass is 16.5. The Morgan fingerprint density at radius 2 is 1.14 bits per heavy atom. The maximum Gasteiger partial charge on any atom is 0.303 e. The highest BCUT2D eigenvalue weighted by Crippen LogP contribution is 2.37. The standard InChI is InChI=1S/C43H45NO6/c45-41(21-10-11-22-42(46)47)44-28-27-37-24-26-40(49-31-35-15-6-2-7-16-35)43(50-32-36-17-8-3-9-18-36)39(37)25-23-33-19-12-20-38(29-33)48-30-34-13-4-1-5-14-34/h1-9,12-20,24,26,29H,10-11,21-23,25,27-28,30-32H2,(H,44,45)(H,46,47). The molecule has 5 aromatic rings. The number of nitrogens with one attached hydrogen (secondary N) is 1. The lowest BCUT2D eigenvalue weighted by Crippen LogP contribution is -2.25. The molecule has 0 unspecified atom stereocenters. The average molecular weight is 672 g/mol. The van der Waals surface area contributed by atoms with Crippen LogP contribution in [0.4, 0.5) is 0 Å². The number of aryl methyl sites for hydroxylation is 1. The zero-order chi connectivity index (χ0) is 34.8. The highest BCUT2D eigenvalue weighted by Gasteiger charge is 2.18. The smallest absolute Gasteiger partial charge is 0.303 e. The molecule has 5 aromatic carbocycles. The van der Waals surface area contributed by atoms with E-state index in [1.54, 1.807) is 0 Å². The fourth-order valence-corrected chi connectivity index (χ4v) is 5.68. The number of unbranched alkanes of at least 4 members (excludes halogenated alkanes) is 1. The summed E-state index contributed by atoms with van der Waals surface area (Å²) in [6, 6.07) is 42.5. The molecule has 0 aliphatic heterocycles. The van der Waals surface area contributed by atoms with Crippen LogP contribution in [0, 0.1) is 0 Å². The topological polar surface area (TPSA) is 94.1 Å². The maximum atomic E-state index is 12.5. The van der Waals surface area contributed by atoms with Gasteiger partial charge in [0.2, 0.25) is 5.91 Å². The molecular formula is C43H45NO6. The third-order valence-electron chi connectivity index (χ3n) is 8.36. The van der Waals surface area contributed by atoms with E-state index in [1.165, 1.54) is 0 Å². The molecule has 0 spiro atoms. The Morgan fingerprint density at radius 1 is 0.560 bits per heavy atom. The van der Waals surface area contributed by atoms with Gasteiger partial charge in [0, 0.05) is 24.9 Å². The van der Waals surface area contributed by atoms with Gasteiger partial charge in [0.25, 0.3) is 0 Å². The Bertz CT molecular complexity index is 1780. The van der Waals surface area contributed by atoms with Gasteiger partial charge in [0.15, 0.2) is 11.5 Å². The number of carbonyl (C=O) groups is 2. The number of benzene rings is 5. The predicted octanol–water partition coefficient (Wildman–Crippen LogP) is 8.51. The minimum atomic E-state index is -0.842. The van der Waals surface area contributed by atoms with Crippen molar-refractivity contribution in [1.82, 2.24) is 5.32 Å². The second kappa shape index (κ2) is 19.4. The van der Waals surface area contributed by atoms with Gasteiger partial charge < -0.3 is 24.6 Å². The zero-order valence-corrected chi connectivity index (χ0v) is 28.4. The fourth-order valence-electron chi connectivity index (χ4n) is 5.68. The van der Waals surface area contributed by atoms with Crippen LogP contribution in [0.15, 0.2) is 127 Å².